The highest BCUT2D eigenvalue weighted by molar-refractivity contribution is 7.14. The molecule has 0 radical (unpaired) electrons. The third-order valence-corrected chi connectivity index (χ3v) is 3.81. The number of aryl methyl sites for hydroxylation is 1. The first-order valence-corrected chi connectivity index (χ1v) is 8.05. The molecule has 0 aliphatic rings. The average molecular weight is 317 g/mol. The van der Waals surface area contributed by atoms with Gasteiger partial charge in [0.15, 0.2) is 5.13 Å². The van der Waals surface area contributed by atoms with Gasteiger partial charge in [-0.15, -0.1) is 11.3 Å². The van der Waals surface area contributed by atoms with Gasteiger partial charge in [0.2, 0.25) is 11.8 Å². The van der Waals surface area contributed by atoms with Gasteiger partial charge >= 0.3 is 0 Å². The number of thiazole rings is 1. The lowest BCUT2D eigenvalue weighted by Crippen LogP contribution is -2.24. The molecular formula is C16H19N3O2S. The van der Waals surface area contributed by atoms with Crippen LogP contribution in [0.1, 0.15) is 25.3 Å². The van der Waals surface area contributed by atoms with E-state index in [9.17, 15) is 9.59 Å². The van der Waals surface area contributed by atoms with Crippen LogP contribution in [0, 0.1) is 6.92 Å². The van der Waals surface area contributed by atoms with E-state index in [0.29, 0.717) is 11.7 Å². The standard InChI is InChI=1S/C16H19N3O2S/c1-3-17-14(20)8-9-15(21)19-16-18-13(10-22-16)12-6-4-11(2)5-7-12/h4-7,10H,3,8-9H2,1-2H3,(H,17,20)(H,18,19,21). The van der Waals surface area contributed by atoms with Crippen molar-refractivity contribution in [2.24, 2.45) is 0 Å². The Labute approximate surface area is 133 Å². The first-order chi connectivity index (χ1) is 10.6. The van der Waals surface area contributed by atoms with Gasteiger partial charge in [0.1, 0.15) is 0 Å². The molecule has 0 saturated heterocycles. The van der Waals surface area contributed by atoms with Crippen LogP contribution >= 0.6 is 11.3 Å². The van der Waals surface area contributed by atoms with Gasteiger partial charge in [-0.2, -0.15) is 0 Å². The Bertz CT molecular complexity index is 650. The molecule has 0 aliphatic carbocycles. The number of rotatable bonds is 6. The first kappa shape index (κ1) is 16.2. The third kappa shape index (κ3) is 4.66. The number of aromatic nitrogens is 1. The molecule has 0 saturated carbocycles. The summed E-state index contributed by atoms with van der Waals surface area (Å²) in [5.41, 5.74) is 3.05. The molecule has 2 N–H and O–H groups in total. The molecule has 0 aliphatic heterocycles. The number of anilines is 1. The summed E-state index contributed by atoms with van der Waals surface area (Å²) in [4.78, 5) is 27.5. The van der Waals surface area contributed by atoms with E-state index in [0.717, 1.165) is 11.3 Å². The lowest BCUT2D eigenvalue weighted by atomic mass is 10.1. The SMILES string of the molecule is CCNC(=O)CCC(=O)Nc1nc(-c2ccc(C)cc2)cs1. The summed E-state index contributed by atoms with van der Waals surface area (Å²) in [6, 6.07) is 8.06. The lowest BCUT2D eigenvalue weighted by Gasteiger charge is -2.02. The van der Waals surface area contributed by atoms with Crippen LogP contribution in [-0.4, -0.2) is 23.3 Å². The first-order valence-electron chi connectivity index (χ1n) is 7.17. The van der Waals surface area contributed by atoms with E-state index in [2.05, 4.69) is 15.6 Å². The molecule has 2 amide bonds. The quantitative estimate of drug-likeness (QED) is 0.860. The van der Waals surface area contributed by atoms with Gasteiger partial charge in [-0.25, -0.2) is 4.98 Å². The van der Waals surface area contributed by atoms with Gasteiger partial charge in [0.05, 0.1) is 5.69 Å². The Morgan fingerprint density at radius 1 is 1.14 bits per heavy atom. The molecule has 1 heterocycles. The zero-order valence-corrected chi connectivity index (χ0v) is 13.5. The normalized spacial score (nSPS) is 10.3. The van der Waals surface area contributed by atoms with Gasteiger partial charge < -0.3 is 10.6 Å². The van der Waals surface area contributed by atoms with Crippen molar-refractivity contribution in [2.45, 2.75) is 26.7 Å². The summed E-state index contributed by atoms with van der Waals surface area (Å²) < 4.78 is 0. The van der Waals surface area contributed by atoms with Gasteiger partial charge in [0.25, 0.3) is 0 Å². The van der Waals surface area contributed by atoms with Gasteiger partial charge in [0, 0.05) is 30.3 Å². The molecule has 0 atom stereocenters. The minimum atomic E-state index is -0.198. The second-order valence-electron chi connectivity index (χ2n) is 4.91. The van der Waals surface area contributed by atoms with Crippen LogP contribution in [-0.2, 0) is 9.59 Å². The Balaban J connectivity index is 1.90. The number of amides is 2. The van der Waals surface area contributed by atoms with Crippen molar-refractivity contribution in [1.82, 2.24) is 10.3 Å². The lowest BCUT2D eigenvalue weighted by molar-refractivity contribution is -0.124. The molecule has 5 nitrogen and oxygen atoms in total. The van der Waals surface area contributed by atoms with Gasteiger partial charge in [-0.1, -0.05) is 29.8 Å². The van der Waals surface area contributed by atoms with Gasteiger partial charge in [-0.3, -0.25) is 9.59 Å². The van der Waals surface area contributed by atoms with Crippen molar-refractivity contribution in [3.8, 4) is 11.3 Å². The summed E-state index contributed by atoms with van der Waals surface area (Å²) in [5.74, 6) is -0.312. The van der Waals surface area contributed by atoms with E-state index in [1.54, 1.807) is 0 Å². The summed E-state index contributed by atoms with van der Waals surface area (Å²) in [5, 5.41) is 7.85. The fraction of sp³-hybridized carbons (Fsp3) is 0.312. The van der Waals surface area contributed by atoms with Crippen LogP contribution in [0.4, 0.5) is 5.13 Å². The summed E-state index contributed by atoms with van der Waals surface area (Å²) in [6.45, 7) is 4.46. The molecule has 0 spiro atoms. The summed E-state index contributed by atoms with van der Waals surface area (Å²) in [6.07, 6.45) is 0.348. The molecule has 1 aromatic carbocycles. The van der Waals surface area contributed by atoms with Crippen LogP contribution < -0.4 is 10.6 Å². The van der Waals surface area contributed by atoms with E-state index in [1.165, 1.54) is 16.9 Å². The Kier molecular flexibility index (Phi) is 5.66. The van der Waals surface area contributed by atoms with Crippen LogP contribution in [0.25, 0.3) is 11.3 Å². The fourth-order valence-corrected chi connectivity index (χ4v) is 2.62. The fourth-order valence-electron chi connectivity index (χ4n) is 1.88. The van der Waals surface area contributed by atoms with Crippen LogP contribution in [0.15, 0.2) is 29.6 Å². The van der Waals surface area contributed by atoms with E-state index in [4.69, 9.17) is 0 Å². The average Bonchev–Trinajstić information content (AvgIpc) is 2.95. The van der Waals surface area contributed by atoms with Crippen molar-refractivity contribution in [3.63, 3.8) is 0 Å². The maximum Gasteiger partial charge on any atom is 0.226 e. The maximum absolute atomic E-state index is 11.8. The zero-order valence-electron chi connectivity index (χ0n) is 12.7. The van der Waals surface area contributed by atoms with Gasteiger partial charge in [-0.05, 0) is 13.8 Å². The Morgan fingerprint density at radius 2 is 1.82 bits per heavy atom. The second kappa shape index (κ2) is 7.70. The monoisotopic (exact) mass is 317 g/mol. The number of benzene rings is 1. The molecule has 0 unspecified atom stereocenters. The van der Waals surface area contributed by atoms with Crippen molar-refractivity contribution in [3.05, 3.63) is 35.2 Å². The molecule has 116 valence electrons. The maximum atomic E-state index is 11.8. The molecule has 2 rings (SSSR count). The highest BCUT2D eigenvalue weighted by atomic mass is 32.1. The largest absolute Gasteiger partial charge is 0.356 e. The highest BCUT2D eigenvalue weighted by Gasteiger charge is 2.10. The number of hydrogen-bond acceptors (Lipinski definition) is 4. The molecule has 2 aromatic rings. The molecule has 1 aromatic heterocycles. The molecule has 0 bridgehead atoms. The predicted octanol–water partition coefficient (Wildman–Crippen LogP) is 2.97. The Morgan fingerprint density at radius 3 is 2.50 bits per heavy atom. The number of carbonyl (C=O) groups excluding carboxylic acids is 2. The molecule has 6 heteroatoms. The molecule has 0 fully saturated rings. The van der Waals surface area contributed by atoms with Crippen LogP contribution in [0.3, 0.4) is 0 Å². The van der Waals surface area contributed by atoms with E-state index >= 15 is 0 Å². The zero-order chi connectivity index (χ0) is 15.9. The third-order valence-electron chi connectivity index (χ3n) is 3.05. The topological polar surface area (TPSA) is 71.1 Å². The van der Waals surface area contributed by atoms with E-state index in [1.807, 2.05) is 43.5 Å². The van der Waals surface area contributed by atoms with Crippen molar-refractivity contribution < 1.29 is 9.59 Å². The van der Waals surface area contributed by atoms with Crippen molar-refractivity contribution >= 4 is 28.3 Å². The number of carbonyl (C=O) groups is 2. The highest BCUT2D eigenvalue weighted by Crippen LogP contribution is 2.25. The smallest absolute Gasteiger partial charge is 0.226 e. The van der Waals surface area contributed by atoms with Crippen LogP contribution in [0.5, 0.6) is 0 Å². The molecular weight excluding hydrogens is 298 g/mol. The number of nitrogens with one attached hydrogen (secondary N) is 2. The second-order valence-corrected chi connectivity index (χ2v) is 5.76. The van der Waals surface area contributed by atoms with E-state index in [-0.39, 0.29) is 24.7 Å². The molecule has 22 heavy (non-hydrogen) atoms. The summed E-state index contributed by atoms with van der Waals surface area (Å²) >= 11 is 1.38. The minimum Gasteiger partial charge on any atom is -0.356 e. The minimum absolute atomic E-state index is 0.114. The van der Waals surface area contributed by atoms with Crippen molar-refractivity contribution in [1.29, 1.82) is 0 Å². The predicted molar refractivity (Wildman–Crippen MR) is 88.8 cm³/mol. The number of nitrogens with zero attached hydrogens (tertiary/aromatic N) is 1. The van der Waals surface area contributed by atoms with Crippen LogP contribution in [0.2, 0.25) is 0 Å². The van der Waals surface area contributed by atoms with Crippen molar-refractivity contribution in [2.75, 3.05) is 11.9 Å². The summed E-state index contributed by atoms with van der Waals surface area (Å²) in [7, 11) is 0. The Hall–Kier alpha value is -2.21. The number of hydrogen-bond donors (Lipinski definition) is 2. The van der Waals surface area contributed by atoms with E-state index < -0.39 is 0 Å².